The molecule has 0 amide bonds. The van der Waals surface area contributed by atoms with E-state index in [9.17, 15) is 0 Å². The predicted molar refractivity (Wildman–Crippen MR) is 62.6 cm³/mol. The van der Waals surface area contributed by atoms with Crippen LogP contribution in [0.1, 0.15) is 12.8 Å². The molecule has 1 fully saturated rings. The first-order valence-electron chi connectivity index (χ1n) is 5.70. The zero-order valence-corrected chi connectivity index (χ0v) is 9.08. The van der Waals surface area contributed by atoms with Crippen LogP contribution in [0.3, 0.4) is 0 Å². The van der Waals surface area contributed by atoms with Gasteiger partial charge in [-0.1, -0.05) is 6.07 Å². The van der Waals surface area contributed by atoms with E-state index in [1.165, 1.54) is 12.8 Å². The minimum atomic E-state index is 0.196. The molecule has 1 N–H and O–H groups in total. The molecule has 0 saturated heterocycles. The summed E-state index contributed by atoms with van der Waals surface area (Å²) in [6.45, 7) is 0.892. The predicted octanol–water partition coefficient (Wildman–Crippen LogP) is 1.30. The number of pyridine rings is 1. The van der Waals surface area contributed by atoms with Gasteiger partial charge in [0.25, 0.3) is 0 Å². The minimum Gasteiger partial charge on any atom is -0.395 e. The fourth-order valence-corrected chi connectivity index (χ4v) is 2.14. The lowest BCUT2D eigenvalue weighted by Gasteiger charge is -2.24. The number of fused-ring (bicyclic) bond motifs is 1. The Labute approximate surface area is 94.1 Å². The molecule has 0 atom stereocenters. The molecule has 0 bridgehead atoms. The molecular formula is C12H15N3O. The first-order valence-corrected chi connectivity index (χ1v) is 5.70. The number of imidazole rings is 1. The number of rotatable bonds is 4. The molecule has 0 unspecified atom stereocenters. The monoisotopic (exact) mass is 217 g/mol. The molecule has 0 aromatic carbocycles. The lowest BCUT2D eigenvalue weighted by Crippen LogP contribution is -2.30. The van der Waals surface area contributed by atoms with E-state index >= 15 is 0 Å². The molecule has 1 aliphatic carbocycles. The van der Waals surface area contributed by atoms with Crippen LogP contribution >= 0.6 is 0 Å². The van der Waals surface area contributed by atoms with E-state index in [2.05, 4.69) is 20.4 Å². The molecule has 84 valence electrons. The SMILES string of the molecule is OCCN(c1cccc2nccn12)C1CC1. The third kappa shape index (κ3) is 1.55. The van der Waals surface area contributed by atoms with Crippen LogP contribution in [0.5, 0.6) is 0 Å². The molecule has 3 rings (SSSR count). The average Bonchev–Trinajstić information content (AvgIpc) is 3.02. The van der Waals surface area contributed by atoms with E-state index in [0.29, 0.717) is 12.6 Å². The summed E-state index contributed by atoms with van der Waals surface area (Å²) in [5.41, 5.74) is 0.959. The number of aliphatic hydroxyl groups is 1. The van der Waals surface area contributed by atoms with E-state index < -0.39 is 0 Å². The highest BCUT2D eigenvalue weighted by molar-refractivity contribution is 5.52. The highest BCUT2D eigenvalue weighted by atomic mass is 16.3. The number of anilines is 1. The van der Waals surface area contributed by atoms with Crippen molar-refractivity contribution in [2.45, 2.75) is 18.9 Å². The maximum Gasteiger partial charge on any atom is 0.138 e. The molecule has 16 heavy (non-hydrogen) atoms. The summed E-state index contributed by atoms with van der Waals surface area (Å²) in [5.74, 6) is 1.13. The van der Waals surface area contributed by atoms with E-state index in [4.69, 9.17) is 5.11 Å². The van der Waals surface area contributed by atoms with Gasteiger partial charge in [0, 0.05) is 25.0 Å². The molecule has 1 saturated carbocycles. The summed E-state index contributed by atoms with van der Waals surface area (Å²) in [7, 11) is 0. The molecular weight excluding hydrogens is 202 g/mol. The first kappa shape index (κ1) is 9.66. The molecule has 0 aliphatic heterocycles. The van der Waals surface area contributed by atoms with E-state index in [1.54, 1.807) is 0 Å². The number of aliphatic hydroxyl groups excluding tert-OH is 1. The van der Waals surface area contributed by atoms with Crippen molar-refractivity contribution in [1.82, 2.24) is 9.38 Å². The molecule has 2 heterocycles. The third-order valence-corrected chi connectivity index (χ3v) is 3.03. The summed E-state index contributed by atoms with van der Waals surface area (Å²) in [5, 5.41) is 9.13. The van der Waals surface area contributed by atoms with Gasteiger partial charge in [0.2, 0.25) is 0 Å². The molecule has 2 aromatic rings. The van der Waals surface area contributed by atoms with Gasteiger partial charge < -0.3 is 10.0 Å². The number of aromatic nitrogens is 2. The summed E-state index contributed by atoms with van der Waals surface area (Å²) >= 11 is 0. The van der Waals surface area contributed by atoms with Gasteiger partial charge in [-0.2, -0.15) is 0 Å². The van der Waals surface area contributed by atoms with Gasteiger partial charge in [-0.25, -0.2) is 4.98 Å². The summed E-state index contributed by atoms with van der Waals surface area (Å²) in [6, 6.07) is 6.70. The molecule has 2 aromatic heterocycles. The first-order chi connectivity index (χ1) is 7.90. The van der Waals surface area contributed by atoms with Crippen LogP contribution in [0.2, 0.25) is 0 Å². The van der Waals surface area contributed by atoms with E-state index in [-0.39, 0.29) is 6.61 Å². The van der Waals surface area contributed by atoms with Gasteiger partial charge in [-0.15, -0.1) is 0 Å². The van der Waals surface area contributed by atoms with Crippen molar-refractivity contribution in [3.05, 3.63) is 30.6 Å². The smallest absolute Gasteiger partial charge is 0.138 e. The quantitative estimate of drug-likeness (QED) is 0.839. The van der Waals surface area contributed by atoms with Crippen molar-refractivity contribution in [2.24, 2.45) is 0 Å². The van der Waals surface area contributed by atoms with Crippen LogP contribution in [0, 0.1) is 0 Å². The van der Waals surface area contributed by atoms with Crippen molar-refractivity contribution < 1.29 is 5.11 Å². The number of hydrogen-bond acceptors (Lipinski definition) is 3. The number of nitrogens with zero attached hydrogens (tertiary/aromatic N) is 3. The average molecular weight is 217 g/mol. The van der Waals surface area contributed by atoms with Gasteiger partial charge in [0.05, 0.1) is 6.61 Å². The van der Waals surface area contributed by atoms with Crippen LogP contribution in [-0.2, 0) is 0 Å². The largest absolute Gasteiger partial charge is 0.395 e. The topological polar surface area (TPSA) is 40.8 Å². The Morgan fingerprint density at radius 2 is 2.31 bits per heavy atom. The zero-order valence-electron chi connectivity index (χ0n) is 9.08. The van der Waals surface area contributed by atoms with Crippen molar-refractivity contribution in [3.63, 3.8) is 0 Å². The lowest BCUT2D eigenvalue weighted by molar-refractivity contribution is 0.301. The van der Waals surface area contributed by atoms with Crippen molar-refractivity contribution in [2.75, 3.05) is 18.1 Å². The van der Waals surface area contributed by atoms with Crippen LogP contribution in [0.25, 0.3) is 5.65 Å². The Morgan fingerprint density at radius 1 is 1.44 bits per heavy atom. The number of hydrogen-bond donors (Lipinski definition) is 1. The second-order valence-electron chi connectivity index (χ2n) is 4.19. The fraction of sp³-hybridized carbons (Fsp3) is 0.417. The van der Waals surface area contributed by atoms with Gasteiger partial charge >= 0.3 is 0 Å². The minimum absolute atomic E-state index is 0.196. The Balaban J connectivity index is 2.04. The molecule has 4 heteroatoms. The molecule has 0 radical (unpaired) electrons. The molecule has 4 nitrogen and oxygen atoms in total. The van der Waals surface area contributed by atoms with E-state index in [0.717, 1.165) is 11.5 Å². The van der Waals surface area contributed by atoms with Gasteiger partial charge in [0.1, 0.15) is 11.5 Å². The van der Waals surface area contributed by atoms with Crippen LogP contribution in [-0.4, -0.2) is 33.7 Å². The Bertz CT molecular complexity index is 490. The van der Waals surface area contributed by atoms with Crippen LogP contribution in [0.4, 0.5) is 5.82 Å². The third-order valence-electron chi connectivity index (χ3n) is 3.03. The normalized spacial score (nSPS) is 15.6. The van der Waals surface area contributed by atoms with Gasteiger partial charge in [-0.05, 0) is 25.0 Å². The summed E-state index contributed by atoms with van der Waals surface area (Å²) < 4.78 is 2.08. The lowest BCUT2D eigenvalue weighted by atomic mass is 10.3. The maximum absolute atomic E-state index is 9.13. The second kappa shape index (κ2) is 3.79. The van der Waals surface area contributed by atoms with Crippen molar-refractivity contribution in [3.8, 4) is 0 Å². The van der Waals surface area contributed by atoms with Gasteiger partial charge in [-0.3, -0.25) is 4.40 Å². The fourth-order valence-electron chi connectivity index (χ4n) is 2.14. The van der Waals surface area contributed by atoms with Crippen molar-refractivity contribution >= 4 is 11.5 Å². The Morgan fingerprint density at radius 3 is 3.06 bits per heavy atom. The molecule has 1 aliphatic rings. The maximum atomic E-state index is 9.13. The van der Waals surface area contributed by atoms with Crippen molar-refractivity contribution in [1.29, 1.82) is 0 Å². The van der Waals surface area contributed by atoms with Gasteiger partial charge in [0.15, 0.2) is 0 Å². The van der Waals surface area contributed by atoms with Crippen LogP contribution in [0.15, 0.2) is 30.6 Å². The molecule has 0 spiro atoms. The van der Waals surface area contributed by atoms with Crippen LogP contribution < -0.4 is 4.90 Å². The standard InChI is InChI=1S/C12H15N3O/c16-9-8-14(10-4-5-10)12-3-1-2-11-13-6-7-15(11)12/h1-3,6-7,10,16H,4-5,8-9H2. The summed E-state index contributed by atoms with van der Waals surface area (Å²) in [6.07, 6.45) is 6.23. The van der Waals surface area contributed by atoms with E-state index in [1.807, 2.05) is 24.5 Å². The highest BCUT2D eigenvalue weighted by Crippen LogP contribution is 2.31. The zero-order chi connectivity index (χ0) is 11.0. The second-order valence-corrected chi connectivity index (χ2v) is 4.19. The summed E-state index contributed by atoms with van der Waals surface area (Å²) in [4.78, 5) is 6.55. The highest BCUT2D eigenvalue weighted by Gasteiger charge is 2.29. The Kier molecular flexibility index (Phi) is 2.29. The Hall–Kier alpha value is -1.55.